The van der Waals surface area contributed by atoms with E-state index in [1.165, 1.54) is 0 Å². The van der Waals surface area contributed by atoms with Crippen molar-refractivity contribution in [2.45, 2.75) is 32.3 Å². The first-order chi connectivity index (χ1) is 9.09. The summed E-state index contributed by atoms with van der Waals surface area (Å²) in [6.07, 6.45) is 1.48. The molecule has 0 aromatic rings. The van der Waals surface area contributed by atoms with Gasteiger partial charge in [0.25, 0.3) is 5.91 Å². The molecule has 0 spiro atoms. The maximum Gasteiger partial charge on any atom is 0.311 e. The summed E-state index contributed by atoms with van der Waals surface area (Å²) >= 11 is 0. The Kier molecular flexibility index (Phi) is 4.42. The Morgan fingerprint density at radius 3 is 2.89 bits per heavy atom. The van der Waals surface area contributed by atoms with E-state index >= 15 is 0 Å². The SMILES string of the molecule is CCC1(C(=O)O)CCCN(C(=O)C2CNCCO2)C1. The first-order valence-corrected chi connectivity index (χ1v) is 6.93. The lowest BCUT2D eigenvalue weighted by atomic mass is 9.77. The molecule has 2 rings (SSSR count). The number of hydrogen-bond donors (Lipinski definition) is 2. The molecule has 2 fully saturated rings. The van der Waals surface area contributed by atoms with E-state index in [0.717, 1.165) is 13.0 Å². The van der Waals surface area contributed by atoms with Gasteiger partial charge in [-0.1, -0.05) is 6.92 Å². The second-order valence-corrected chi connectivity index (χ2v) is 5.37. The number of aliphatic carboxylic acids is 1. The molecule has 2 atom stereocenters. The Hall–Kier alpha value is -1.14. The van der Waals surface area contributed by atoms with E-state index in [-0.39, 0.29) is 5.91 Å². The topological polar surface area (TPSA) is 78.9 Å². The van der Waals surface area contributed by atoms with E-state index in [1.54, 1.807) is 4.90 Å². The summed E-state index contributed by atoms with van der Waals surface area (Å²) in [5.74, 6) is -0.874. The van der Waals surface area contributed by atoms with E-state index in [9.17, 15) is 14.7 Å². The minimum Gasteiger partial charge on any atom is -0.481 e. The number of ether oxygens (including phenoxy) is 1. The molecular formula is C13H22N2O4. The van der Waals surface area contributed by atoms with E-state index in [0.29, 0.717) is 39.1 Å². The Bertz CT molecular complexity index is 355. The number of rotatable bonds is 3. The molecule has 0 bridgehead atoms. The van der Waals surface area contributed by atoms with Crippen LogP contribution >= 0.6 is 0 Å². The molecule has 0 radical (unpaired) electrons. The number of carbonyl (C=O) groups excluding carboxylic acids is 1. The number of carbonyl (C=O) groups is 2. The molecule has 6 heteroatoms. The van der Waals surface area contributed by atoms with Crippen molar-refractivity contribution in [2.24, 2.45) is 5.41 Å². The minimum absolute atomic E-state index is 0.0778. The van der Waals surface area contributed by atoms with Crippen LogP contribution in [0.15, 0.2) is 0 Å². The quantitative estimate of drug-likeness (QED) is 0.759. The molecule has 2 saturated heterocycles. The van der Waals surface area contributed by atoms with Crippen molar-refractivity contribution >= 4 is 11.9 Å². The highest BCUT2D eigenvalue weighted by molar-refractivity contribution is 5.83. The van der Waals surface area contributed by atoms with Crippen LogP contribution in [0.2, 0.25) is 0 Å². The van der Waals surface area contributed by atoms with Crippen LogP contribution in [-0.4, -0.2) is 60.8 Å². The minimum atomic E-state index is -0.796. The van der Waals surface area contributed by atoms with Crippen molar-refractivity contribution in [3.8, 4) is 0 Å². The molecule has 0 aliphatic carbocycles. The van der Waals surface area contributed by atoms with Gasteiger partial charge in [-0.15, -0.1) is 0 Å². The number of morpholine rings is 1. The summed E-state index contributed by atoms with van der Waals surface area (Å²) in [5, 5.41) is 12.5. The largest absolute Gasteiger partial charge is 0.481 e. The van der Waals surface area contributed by atoms with E-state index in [4.69, 9.17) is 4.74 Å². The number of nitrogens with zero attached hydrogens (tertiary/aromatic N) is 1. The fraction of sp³-hybridized carbons (Fsp3) is 0.846. The number of hydrogen-bond acceptors (Lipinski definition) is 4. The fourth-order valence-electron chi connectivity index (χ4n) is 2.86. The second kappa shape index (κ2) is 5.88. The molecule has 1 amide bonds. The van der Waals surface area contributed by atoms with Crippen LogP contribution in [0.4, 0.5) is 0 Å². The van der Waals surface area contributed by atoms with Crippen LogP contribution in [-0.2, 0) is 14.3 Å². The predicted octanol–water partition coefficient (Wildman–Crippen LogP) is 0.0782. The lowest BCUT2D eigenvalue weighted by Crippen LogP contribution is -2.55. The van der Waals surface area contributed by atoms with Crippen molar-refractivity contribution in [1.29, 1.82) is 0 Å². The molecule has 0 aromatic carbocycles. The summed E-state index contributed by atoms with van der Waals surface area (Å²) < 4.78 is 5.45. The number of amides is 1. The number of piperidine rings is 1. The summed E-state index contributed by atoms with van der Waals surface area (Å²) in [5.41, 5.74) is -0.782. The monoisotopic (exact) mass is 270 g/mol. The molecule has 19 heavy (non-hydrogen) atoms. The Balaban J connectivity index is 2.03. The fourth-order valence-corrected chi connectivity index (χ4v) is 2.86. The number of nitrogens with one attached hydrogen (secondary N) is 1. The summed E-state index contributed by atoms with van der Waals surface area (Å²) in [7, 11) is 0. The van der Waals surface area contributed by atoms with Gasteiger partial charge in [-0.3, -0.25) is 9.59 Å². The lowest BCUT2D eigenvalue weighted by molar-refractivity contribution is -0.159. The molecule has 0 aromatic heterocycles. The molecule has 2 heterocycles. The average molecular weight is 270 g/mol. The zero-order valence-electron chi connectivity index (χ0n) is 11.4. The predicted molar refractivity (Wildman–Crippen MR) is 68.8 cm³/mol. The van der Waals surface area contributed by atoms with Crippen molar-refractivity contribution in [3.63, 3.8) is 0 Å². The van der Waals surface area contributed by atoms with Gasteiger partial charge in [0, 0.05) is 26.2 Å². The van der Waals surface area contributed by atoms with Gasteiger partial charge >= 0.3 is 5.97 Å². The van der Waals surface area contributed by atoms with Crippen molar-refractivity contribution < 1.29 is 19.4 Å². The van der Waals surface area contributed by atoms with Crippen LogP contribution in [0.5, 0.6) is 0 Å². The molecule has 0 saturated carbocycles. The normalized spacial score (nSPS) is 32.1. The highest BCUT2D eigenvalue weighted by Gasteiger charge is 2.43. The zero-order chi connectivity index (χ0) is 13.9. The molecule has 2 aliphatic rings. The summed E-state index contributed by atoms with van der Waals surface area (Å²) in [4.78, 5) is 25.5. The molecular weight excluding hydrogens is 248 g/mol. The van der Waals surface area contributed by atoms with Gasteiger partial charge in [-0.2, -0.15) is 0 Å². The van der Waals surface area contributed by atoms with Gasteiger partial charge in [0.1, 0.15) is 6.10 Å². The molecule has 2 N–H and O–H groups in total. The number of carboxylic acids is 1. The molecule has 108 valence electrons. The summed E-state index contributed by atoms with van der Waals surface area (Å²) in [6.45, 7) is 4.62. The van der Waals surface area contributed by atoms with Gasteiger partial charge in [-0.05, 0) is 19.3 Å². The molecule has 2 aliphatic heterocycles. The van der Waals surface area contributed by atoms with Crippen LogP contribution in [0, 0.1) is 5.41 Å². The van der Waals surface area contributed by atoms with Gasteiger partial charge in [0.2, 0.25) is 0 Å². The standard InChI is InChI=1S/C13H22N2O4/c1-2-13(12(17)18)4-3-6-15(9-13)11(16)10-8-14-5-7-19-10/h10,14H,2-9H2,1H3,(H,17,18). The zero-order valence-corrected chi connectivity index (χ0v) is 11.4. The maximum absolute atomic E-state index is 12.3. The Morgan fingerprint density at radius 1 is 1.53 bits per heavy atom. The number of likely N-dealkylation sites (tertiary alicyclic amines) is 1. The van der Waals surface area contributed by atoms with Gasteiger partial charge < -0.3 is 20.1 Å². The third-order valence-electron chi connectivity index (χ3n) is 4.22. The van der Waals surface area contributed by atoms with Crippen molar-refractivity contribution in [1.82, 2.24) is 10.2 Å². The first-order valence-electron chi connectivity index (χ1n) is 6.93. The average Bonchev–Trinajstić information content (AvgIpc) is 2.47. The smallest absolute Gasteiger partial charge is 0.311 e. The van der Waals surface area contributed by atoms with Gasteiger partial charge in [-0.25, -0.2) is 0 Å². The van der Waals surface area contributed by atoms with E-state index in [2.05, 4.69) is 5.32 Å². The Labute approximate surface area is 113 Å². The third kappa shape index (κ3) is 2.90. The van der Waals surface area contributed by atoms with Crippen molar-refractivity contribution in [3.05, 3.63) is 0 Å². The number of carboxylic acid groups (broad SMARTS) is 1. The third-order valence-corrected chi connectivity index (χ3v) is 4.22. The van der Waals surface area contributed by atoms with Gasteiger partial charge in [0.15, 0.2) is 0 Å². The van der Waals surface area contributed by atoms with Crippen molar-refractivity contribution in [2.75, 3.05) is 32.8 Å². The van der Waals surface area contributed by atoms with Crippen LogP contribution < -0.4 is 5.32 Å². The summed E-state index contributed by atoms with van der Waals surface area (Å²) in [6, 6.07) is 0. The second-order valence-electron chi connectivity index (χ2n) is 5.37. The molecule has 2 unspecified atom stereocenters. The van der Waals surface area contributed by atoms with Crippen LogP contribution in [0.1, 0.15) is 26.2 Å². The highest BCUT2D eigenvalue weighted by Crippen LogP contribution is 2.34. The first kappa shape index (κ1) is 14.3. The van der Waals surface area contributed by atoms with Crippen LogP contribution in [0.25, 0.3) is 0 Å². The Morgan fingerprint density at radius 2 is 2.32 bits per heavy atom. The maximum atomic E-state index is 12.3. The highest BCUT2D eigenvalue weighted by atomic mass is 16.5. The lowest BCUT2D eigenvalue weighted by Gasteiger charge is -2.41. The van der Waals surface area contributed by atoms with E-state index < -0.39 is 17.5 Å². The molecule has 6 nitrogen and oxygen atoms in total. The van der Waals surface area contributed by atoms with Gasteiger partial charge in [0.05, 0.1) is 12.0 Å². The van der Waals surface area contributed by atoms with Crippen LogP contribution in [0.3, 0.4) is 0 Å². The van der Waals surface area contributed by atoms with E-state index in [1.807, 2.05) is 6.92 Å².